The van der Waals surface area contributed by atoms with Crippen molar-refractivity contribution in [2.24, 2.45) is 0 Å². The van der Waals surface area contributed by atoms with Gasteiger partial charge in [0.25, 0.3) is 5.91 Å². The van der Waals surface area contributed by atoms with Gasteiger partial charge < -0.3 is 20.1 Å². The molecule has 1 fully saturated rings. The smallest absolute Gasteiger partial charge is 0.260 e. The zero-order valence-corrected chi connectivity index (χ0v) is 18.7. The normalized spacial score (nSPS) is 16.7. The van der Waals surface area contributed by atoms with Gasteiger partial charge in [-0.05, 0) is 59.7 Å². The van der Waals surface area contributed by atoms with Crippen LogP contribution in [0.5, 0.6) is 11.5 Å². The maximum absolute atomic E-state index is 13.0. The Bertz CT molecular complexity index is 1140. The second kappa shape index (κ2) is 9.97. The number of ether oxygens (including phenoxy) is 2. The monoisotopic (exact) mass is 470 g/mol. The fourth-order valence-electron chi connectivity index (χ4n) is 3.06. The zero-order valence-electron chi connectivity index (χ0n) is 17.1. The molecule has 0 radical (unpaired) electrons. The first kappa shape index (κ1) is 22.0. The number of carbonyl (C=O) groups is 1. The topological polar surface area (TPSA) is 59.6 Å². The van der Waals surface area contributed by atoms with Crippen LogP contribution in [0.4, 0.5) is 10.1 Å². The number of rotatable bonds is 7. The maximum atomic E-state index is 13.0. The van der Waals surface area contributed by atoms with Crippen LogP contribution in [0.1, 0.15) is 11.1 Å². The summed E-state index contributed by atoms with van der Waals surface area (Å²) in [7, 11) is 1.58. The first-order valence-electron chi connectivity index (χ1n) is 9.77. The van der Waals surface area contributed by atoms with E-state index in [1.807, 2.05) is 30.3 Å². The van der Waals surface area contributed by atoms with Crippen LogP contribution in [-0.2, 0) is 11.4 Å². The molecule has 8 heteroatoms. The van der Waals surface area contributed by atoms with Gasteiger partial charge in [-0.1, -0.05) is 47.6 Å². The van der Waals surface area contributed by atoms with Crippen molar-refractivity contribution in [2.45, 2.75) is 12.1 Å². The van der Waals surface area contributed by atoms with E-state index in [0.717, 1.165) is 11.1 Å². The maximum Gasteiger partial charge on any atom is 0.260 e. The molecule has 1 aliphatic heterocycles. The minimum Gasteiger partial charge on any atom is -0.495 e. The molecule has 1 unspecified atom stereocenters. The van der Waals surface area contributed by atoms with Crippen LogP contribution in [0, 0.1) is 5.82 Å². The zero-order chi connectivity index (χ0) is 22.5. The van der Waals surface area contributed by atoms with Gasteiger partial charge in [0.15, 0.2) is 5.50 Å². The molecule has 3 aromatic carbocycles. The van der Waals surface area contributed by atoms with Gasteiger partial charge in [0, 0.05) is 5.02 Å². The van der Waals surface area contributed by atoms with Crippen LogP contribution >= 0.6 is 23.4 Å². The lowest BCUT2D eigenvalue weighted by Gasteiger charge is -2.15. The standard InChI is InChI=1S/C24H20ClFN2O3S/c1-30-21-11-6-17(25)13-20(21)27-24-28-23(29)22(32-24)12-15-4-9-19(10-5-15)31-14-16-2-7-18(26)8-3-16/h2-13,24,27H,14H2,1H3,(H,28,29)/b22-12-. The lowest BCUT2D eigenvalue weighted by molar-refractivity contribution is -0.116. The summed E-state index contributed by atoms with van der Waals surface area (Å²) in [4.78, 5) is 13.0. The van der Waals surface area contributed by atoms with Crippen molar-refractivity contribution >= 4 is 41.0 Å². The Morgan fingerprint density at radius 1 is 1.12 bits per heavy atom. The molecular weight excluding hydrogens is 451 g/mol. The van der Waals surface area contributed by atoms with E-state index in [2.05, 4.69) is 10.6 Å². The molecule has 32 heavy (non-hydrogen) atoms. The van der Waals surface area contributed by atoms with E-state index in [-0.39, 0.29) is 17.2 Å². The van der Waals surface area contributed by atoms with E-state index >= 15 is 0 Å². The quantitative estimate of drug-likeness (QED) is 0.436. The number of hydrogen-bond donors (Lipinski definition) is 2. The third-order valence-corrected chi connectivity index (χ3v) is 5.94. The lowest BCUT2D eigenvalue weighted by atomic mass is 10.2. The van der Waals surface area contributed by atoms with E-state index in [1.165, 1.54) is 23.9 Å². The van der Waals surface area contributed by atoms with Crippen molar-refractivity contribution in [3.63, 3.8) is 0 Å². The van der Waals surface area contributed by atoms with Gasteiger partial charge >= 0.3 is 0 Å². The van der Waals surface area contributed by atoms with Gasteiger partial charge in [0.1, 0.15) is 23.9 Å². The van der Waals surface area contributed by atoms with Crippen molar-refractivity contribution < 1.29 is 18.7 Å². The van der Waals surface area contributed by atoms with Gasteiger partial charge in [-0.25, -0.2) is 4.39 Å². The number of anilines is 1. The molecule has 2 N–H and O–H groups in total. The van der Waals surface area contributed by atoms with E-state index in [1.54, 1.807) is 37.4 Å². The highest BCUT2D eigenvalue weighted by molar-refractivity contribution is 8.05. The molecule has 1 amide bonds. The summed E-state index contributed by atoms with van der Waals surface area (Å²) in [6, 6.07) is 18.9. The summed E-state index contributed by atoms with van der Waals surface area (Å²) in [5.74, 6) is 0.889. The summed E-state index contributed by atoms with van der Waals surface area (Å²) in [6.07, 6.45) is 1.82. The van der Waals surface area contributed by atoms with Crippen molar-refractivity contribution in [1.82, 2.24) is 5.32 Å². The van der Waals surface area contributed by atoms with Crippen LogP contribution in [-0.4, -0.2) is 18.5 Å². The Balaban J connectivity index is 1.38. The average molecular weight is 471 g/mol. The van der Waals surface area contributed by atoms with E-state index in [9.17, 15) is 9.18 Å². The van der Waals surface area contributed by atoms with Crippen molar-refractivity contribution in [2.75, 3.05) is 12.4 Å². The first-order valence-corrected chi connectivity index (χ1v) is 11.0. The Morgan fingerprint density at radius 2 is 1.88 bits per heavy atom. The largest absolute Gasteiger partial charge is 0.495 e. The van der Waals surface area contributed by atoms with Gasteiger partial charge in [-0.3, -0.25) is 4.79 Å². The lowest BCUT2D eigenvalue weighted by Crippen LogP contribution is -2.31. The number of halogens is 2. The first-order chi connectivity index (χ1) is 15.5. The molecule has 164 valence electrons. The molecule has 5 nitrogen and oxygen atoms in total. The van der Waals surface area contributed by atoms with Crippen molar-refractivity contribution in [3.8, 4) is 11.5 Å². The number of hydrogen-bond acceptors (Lipinski definition) is 5. The molecule has 0 spiro atoms. The Labute approximate surface area is 194 Å². The molecule has 1 heterocycles. The molecule has 0 saturated carbocycles. The number of carbonyl (C=O) groups excluding carboxylic acids is 1. The second-order valence-corrected chi connectivity index (χ2v) is 8.54. The predicted octanol–water partition coefficient (Wildman–Crippen LogP) is 5.67. The molecule has 3 aromatic rings. The number of benzene rings is 3. The molecule has 0 bridgehead atoms. The Morgan fingerprint density at radius 3 is 2.59 bits per heavy atom. The summed E-state index contributed by atoms with van der Waals surface area (Å²) >= 11 is 7.45. The number of amides is 1. The minimum absolute atomic E-state index is 0.162. The van der Waals surface area contributed by atoms with Gasteiger partial charge in [0.05, 0.1) is 17.7 Å². The molecule has 0 aromatic heterocycles. The third-order valence-electron chi connectivity index (χ3n) is 4.68. The van der Waals surface area contributed by atoms with Crippen LogP contribution in [0.2, 0.25) is 5.02 Å². The summed E-state index contributed by atoms with van der Waals surface area (Å²) in [6.45, 7) is 0.347. The summed E-state index contributed by atoms with van der Waals surface area (Å²) < 4.78 is 24.1. The fourth-order valence-corrected chi connectivity index (χ4v) is 4.21. The molecule has 0 aliphatic carbocycles. The van der Waals surface area contributed by atoms with Gasteiger partial charge in [0.2, 0.25) is 0 Å². The highest BCUT2D eigenvalue weighted by atomic mass is 35.5. The fraction of sp³-hybridized carbons (Fsp3) is 0.125. The highest BCUT2D eigenvalue weighted by Crippen LogP contribution is 2.34. The molecule has 1 atom stereocenters. The summed E-state index contributed by atoms with van der Waals surface area (Å²) in [5, 5.41) is 6.69. The highest BCUT2D eigenvalue weighted by Gasteiger charge is 2.27. The Hall–Kier alpha value is -3.16. The van der Waals surface area contributed by atoms with Gasteiger partial charge in [-0.15, -0.1) is 0 Å². The number of thioether (sulfide) groups is 1. The van der Waals surface area contributed by atoms with Crippen molar-refractivity contribution in [3.05, 3.63) is 93.6 Å². The molecule has 1 saturated heterocycles. The van der Waals surface area contributed by atoms with Crippen LogP contribution < -0.4 is 20.1 Å². The minimum atomic E-state index is -0.348. The average Bonchev–Trinajstić information content (AvgIpc) is 3.13. The van der Waals surface area contributed by atoms with E-state index in [0.29, 0.717) is 33.7 Å². The van der Waals surface area contributed by atoms with Gasteiger partial charge in [-0.2, -0.15) is 0 Å². The predicted molar refractivity (Wildman–Crippen MR) is 126 cm³/mol. The van der Waals surface area contributed by atoms with Crippen LogP contribution in [0.25, 0.3) is 6.08 Å². The van der Waals surface area contributed by atoms with E-state index in [4.69, 9.17) is 21.1 Å². The third kappa shape index (κ3) is 5.55. The number of methoxy groups -OCH3 is 1. The van der Waals surface area contributed by atoms with E-state index < -0.39 is 0 Å². The molecule has 1 aliphatic rings. The second-order valence-electron chi connectivity index (χ2n) is 6.95. The number of nitrogens with one attached hydrogen (secondary N) is 2. The van der Waals surface area contributed by atoms with Crippen LogP contribution in [0.3, 0.4) is 0 Å². The Kier molecular flexibility index (Phi) is 6.87. The van der Waals surface area contributed by atoms with Crippen molar-refractivity contribution in [1.29, 1.82) is 0 Å². The van der Waals surface area contributed by atoms with Crippen LogP contribution in [0.15, 0.2) is 71.6 Å². The molecule has 4 rings (SSSR count). The SMILES string of the molecule is COc1ccc(Cl)cc1NC1NC(=O)/C(=C/c2ccc(OCc3ccc(F)cc3)cc2)S1. The molecular formula is C24H20ClFN2O3S. The summed E-state index contributed by atoms with van der Waals surface area (Å²) in [5.41, 5.74) is 2.10.